The summed E-state index contributed by atoms with van der Waals surface area (Å²) in [4.78, 5) is 3.57. The summed E-state index contributed by atoms with van der Waals surface area (Å²) in [5, 5.41) is 0. The first-order chi connectivity index (χ1) is 5.67. The molecular weight excluding hydrogens is 164 g/mol. The van der Waals surface area contributed by atoms with E-state index in [2.05, 4.69) is 9.72 Å². The molecule has 1 heterocycles. The molecule has 0 aromatic carbocycles. The predicted molar refractivity (Wildman–Crippen MR) is 39.8 cm³/mol. The lowest BCUT2D eigenvalue weighted by molar-refractivity contribution is -0.246. The third-order valence-electron chi connectivity index (χ3n) is 1.32. The molecule has 0 bridgehead atoms. The lowest BCUT2D eigenvalue weighted by atomic mass is 10.3. The summed E-state index contributed by atoms with van der Waals surface area (Å²) in [6.07, 6.45) is -0.690. The highest BCUT2D eigenvalue weighted by Gasteiger charge is 2.32. The standard InChI is InChI=1S/C8H9F2NO/c1-2-12-8(9,10)7-4-3-5-11-6-7/h3-6H,2H2,1H3. The Balaban J connectivity index is 2.82. The molecule has 0 aliphatic rings. The maximum Gasteiger partial charge on any atom is 0.384 e. The molecule has 0 saturated heterocycles. The van der Waals surface area contributed by atoms with E-state index in [1.54, 1.807) is 0 Å². The monoisotopic (exact) mass is 173 g/mol. The van der Waals surface area contributed by atoms with Crippen LogP contribution in [0.25, 0.3) is 0 Å². The zero-order valence-corrected chi connectivity index (χ0v) is 6.63. The Hall–Kier alpha value is -1.03. The average Bonchev–Trinajstić information content (AvgIpc) is 2.06. The van der Waals surface area contributed by atoms with Gasteiger partial charge < -0.3 is 4.74 Å². The minimum atomic E-state index is -3.22. The third kappa shape index (κ3) is 1.98. The van der Waals surface area contributed by atoms with Crippen LogP contribution in [0, 0.1) is 0 Å². The molecule has 1 aromatic rings. The van der Waals surface area contributed by atoms with E-state index in [9.17, 15) is 8.78 Å². The number of aromatic nitrogens is 1. The number of pyridine rings is 1. The molecule has 0 spiro atoms. The van der Waals surface area contributed by atoms with Gasteiger partial charge in [0.25, 0.3) is 0 Å². The third-order valence-corrected chi connectivity index (χ3v) is 1.32. The smallest absolute Gasteiger partial charge is 0.317 e. The van der Waals surface area contributed by atoms with Crippen LogP contribution in [0.1, 0.15) is 12.5 Å². The van der Waals surface area contributed by atoms with Crippen LogP contribution in [0.3, 0.4) is 0 Å². The zero-order valence-electron chi connectivity index (χ0n) is 6.63. The van der Waals surface area contributed by atoms with E-state index in [0.29, 0.717) is 0 Å². The van der Waals surface area contributed by atoms with E-state index in [1.165, 1.54) is 25.3 Å². The molecule has 0 saturated carbocycles. The van der Waals surface area contributed by atoms with Crippen LogP contribution in [0.4, 0.5) is 8.78 Å². The summed E-state index contributed by atoms with van der Waals surface area (Å²) in [5.74, 6) is 0. The fourth-order valence-electron chi connectivity index (χ4n) is 0.800. The molecule has 0 unspecified atom stereocenters. The predicted octanol–water partition coefficient (Wildman–Crippen LogP) is 2.17. The fraction of sp³-hybridized carbons (Fsp3) is 0.375. The van der Waals surface area contributed by atoms with Crippen molar-refractivity contribution in [2.45, 2.75) is 13.0 Å². The average molecular weight is 173 g/mol. The van der Waals surface area contributed by atoms with Gasteiger partial charge >= 0.3 is 6.11 Å². The molecule has 0 fully saturated rings. The Labute approximate surface area is 69.2 Å². The van der Waals surface area contributed by atoms with Gasteiger partial charge in [0.1, 0.15) is 0 Å². The van der Waals surface area contributed by atoms with Gasteiger partial charge in [0, 0.05) is 12.4 Å². The molecule has 2 nitrogen and oxygen atoms in total. The Kier molecular flexibility index (Phi) is 2.70. The van der Waals surface area contributed by atoms with Crippen LogP contribution >= 0.6 is 0 Å². The van der Waals surface area contributed by atoms with E-state index in [0.717, 1.165) is 6.20 Å². The molecule has 0 N–H and O–H groups in total. The number of halogens is 2. The zero-order chi connectivity index (χ0) is 9.03. The Morgan fingerprint density at radius 1 is 1.58 bits per heavy atom. The SMILES string of the molecule is CCOC(F)(F)c1cccnc1. The van der Waals surface area contributed by atoms with Crippen molar-refractivity contribution in [2.24, 2.45) is 0 Å². The molecule has 12 heavy (non-hydrogen) atoms. The molecule has 0 radical (unpaired) electrons. The largest absolute Gasteiger partial charge is 0.384 e. The lowest BCUT2D eigenvalue weighted by Crippen LogP contribution is -2.17. The summed E-state index contributed by atoms with van der Waals surface area (Å²) in [6, 6.07) is 2.73. The summed E-state index contributed by atoms with van der Waals surface area (Å²) in [7, 11) is 0. The van der Waals surface area contributed by atoms with E-state index in [1.807, 2.05) is 0 Å². The summed E-state index contributed by atoms with van der Waals surface area (Å²) < 4.78 is 30.0. The highest BCUT2D eigenvalue weighted by atomic mass is 19.3. The highest BCUT2D eigenvalue weighted by molar-refractivity contribution is 5.12. The second kappa shape index (κ2) is 3.58. The molecule has 66 valence electrons. The van der Waals surface area contributed by atoms with Gasteiger partial charge in [0.05, 0.1) is 12.2 Å². The maximum atomic E-state index is 12.9. The normalized spacial score (nSPS) is 11.6. The van der Waals surface area contributed by atoms with Crippen molar-refractivity contribution in [3.63, 3.8) is 0 Å². The molecule has 0 aliphatic heterocycles. The number of nitrogens with zero attached hydrogens (tertiary/aromatic N) is 1. The van der Waals surface area contributed by atoms with Gasteiger partial charge in [0.15, 0.2) is 0 Å². The highest BCUT2D eigenvalue weighted by Crippen LogP contribution is 2.27. The molecule has 0 atom stereocenters. The first-order valence-corrected chi connectivity index (χ1v) is 3.59. The first kappa shape index (κ1) is 9.06. The van der Waals surface area contributed by atoms with Gasteiger partial charge in [-0.15, -0.1) is 0 Å². The number of rotatable bonds is 3. The van der Waals surface area contributed by atoms with Crippen LogP contribution in [-0.4, -0.2) is 11.6 Å². The van der Waals surface area contributed by atoms with E-state index < -0.39 is 6.11 Å². The van der Waals surface area contributed by atoms with Gasteiger partial charge in [-0.05, 0) is 19.1 Å². The molecule has 1 aromatic heterocycles. The first-order valence-electron chi connectivity index (χ1n) is 3.59. The van der Waals surface area contributed by atoms with Crippen LogP contribution in [-0.2, 0) is 10.8 Å². The van der Waals surface area contributed by atoms with Crippen molar-refractivity contribution in [3.8, 4) is 0 Å². The van der Waals surface area contributed by atoms with E-state index in [4.69, 9.17) is 0 Å². The van der Waals surface area contributed by atoms with Gasteiger partial charge in [0.2, 0.25) is 0 Å². The van der Waals surface area contributed by atoms with Crippen molar-refractivity contribution in [3.05, 3.63) is 30.1 Å². The van der Waals surface area contributed by atoms with Gasteiger partial charge in [-0.25, -0.2) is 0 Å². The summed E-state index contributed by atoms with van der Waals surface area (Å²) in [6.45, 7) is 1.49. The molecule has 0 amide bonds. The van der Waals surface area contributed by atoms with Crippen molar-refractivity contribution in [1.29, 1.82) is 0 Å². The Morgan fingerprint density at radius 2 is 2.33 bits per heavy atom. The maximum absolute atomic E-state index is 12.9. The van der Waals surface area contributed by atoms with Crippen molar-refractivity contribution >= 4 is 0 Å². The molecule has 0 aliphatic carbocycles. The van der Waals surface area contributed by atoms with Gasteiger partial charge in [-0.1, -0.05) is 0 Å². The number of ether oxygens (including phenoxy) is 1. The van der Waals surface area contributed by atoms with Crippen molar-refractivity contribution < 1.29 is 13.5 Å². The van der Waals surface area contributed by atoms with E-state index in [-0.39, 0.29) is 12.2 Å². The minimum Gasteiger partial charge on any atom is -0.317 e. The van der Waals surface area contributed by atoms with Crippen LogP contribution in [0.15, 0.2) is 24.5 Å². The van der Waals surface area contributed by atoms with Gasteiger partial charge in [-0.3, -0.25) is 4.98 Å². The van der Waals surface area contributed by atoms with Crippen LogP contribution in [0.2, 0.25) is 0 Å². The molecule has 1 rings (SSSR count). The quantitative estimate of drug-likeness (QED) is 0.698. The topological polar surface area (TPSA) is 22.1 Å². The van der Waals surface area contributed by atoms with Crippen molar-refractivity contribution in [2.75, 3.05) is 6.61 Å². The van der Waals surface area contributed by atoms with E-state index >= 15 is 0 Å². The number of hydrogen-bond acceptors (Lipinski definition) is 2. The lowest BCUT2D eigenvalue weighted by Gasteiger charge is -2.14. The Bertz CT molecular complexity index is 238. The second-order valence-electron chi connectivity index (χ2n) is 2.19. The summed E-state index contributed by atoms with van der Waals surface area (Å²) in [5.41, 5.74) is -0.216. The van der Waals surface area contributed by atoms with Gasteiger partial charge in [-0.2, -0.15) is 8.78 Å². The molecule has 4 heteroatoms. The second-order valence-corrected chi connectivity index (χ2v) is 2.19. The van der Waals surface area contributed by atoms with Crippen molar-refractivity contribution in [1.82, 2.24) is 4.98 Å². The molecular formula is C8H9F2NO. The van der Waals surface area contributed by atoms with Crippen LogP contribution in [0.5, 0.6) is 0 Å². The summed E-state index contributed by atoms with van der Waals surface area (Å²) >= 11 is 0. The number of hydrogen-bond donors (Lipinski definition) is 0. The number of alkyl halides is 2. The van der Waals surface area contributed by atoms with Crippen LogP contribution < -0.4 is 0 Å². The minimum absolute atomic E-state index is 0.0259. The Morgan fingerprint density at radius 3 is 2.83 bits per heavy atom. The fourth-order valence-corrected chi connectivity index (χ4v) is 0.800.